The van der Waals surface area contributed by atoms with Crippen LogP contribution in [0.2, 0.25) is 0 Å². The topological polar surface area (TPSA) is 55.1 Å². The Morgan fingerprint density at radius 1 is 1.44 bits per heavy atom. The molecule has 2 aromatic rings. The fourth-order valence-electron chi connectivity index (χ4n) is 1.50. The van der Waals surface area contributed by atoms with Crippen LogP contribution in [0.4, 0.5) is 10.1 Å². The Balaban J connectivity index is 2.28. The number of thiophene rings is 1. The SMILES string of the molecule is NC(=O)C(Nc1ccccc1F)c1cc(Br)cs1. The lowest BCUT2D eigenvalue weighted by molar-refractivity contribution is -0.118. The molecule has 3 N–H and O–H groups in total. The molecule has 0 aliphatic heterocycles. The predicted octanol–water partition coefficient (Wildman–Crippen LogP) is 3.29. The lowest BCUT2D eigenvalue weighted by Gasteiger charge is -2.15. The molecule has 0 spiro atoms. The van der Waals surface area contributed by atoms with Crippen molar-refractivity contribution in [2.75, 3.05) is 5.32 Å². The summed E-state index contributed by atoms with van der Waals surface area (Å²) in [6, 6.07) is 7.21. The number of carbonyl (C=O) groups is 1. The number of hydrogen-bond acceptors (Lipinski definition) is 3. The van der Waals surface area contributed by atoms with E-state index in [1.807, 2.05) is 5.38 Å². The Kier molecular flexibility index (Phi) is 3.98. The minimum Gasteiger partial charge on any atom is -0.368 e. The van der Waals surface area contributed by atoms with Crippen molar-refractivity contribution < 1.29 is 9.18 Å². The van der Waals surface area contributed by atoms with Gasteiger partial charge >= 0.3 is 0 Å². The van der Waals surface area contributed by atoms with E-state index in [2.05, 4.69) is 21.2 Å². The van der Waals surface area contributed by atoms with Crippen molar-refractivity contribution in [1.82, 2.24) is 0 Å². The fraction of sp³-hybridized carbons (Fsp3) is 0.0833. The second-order valence-corrected chi connectivity index (χ2v) is 5.49. The van der Waals surface area contributed by atoms with Gasteiger partial charge in [0, 0.05) is 14.7 Å². The van der Waals surface area contributed by atoms with E-state index in [9.17, 15) is 9.18 Å². The molecule has 6 heteroatoms. The predicted molar refractivity (Wildman–Crippen MR) is 74.0 cm³/mol. The number of hydrogen-bond donors (Lipinski definition) is 2. The first-order chi connectivity index (χ1) is 8.58. The first-order valence-electron chi connectivity index (χ1n) is 5.12. The van der Waals surface area contributed by atoms with Crippen LogP contribution in [-0.2, 0) is 4.79 Å². The Morgan fingerprint density at radius 2 is 2.17 bits per heavy atom. The minimum absolute atomic E-state index is 0.255. The Labute approximate surface area is 116 Å². The molecule has 1 heterocycles. The van der Waals surface area contributed by atoms with Crippen LogP contribution in [0.3, 0.4) is 0 Å². The largest absolute Gasteiger partial charge is 0.368 e. The summed E-state index contributed by atoms with van der Waals surface area (Å²) in [6.07, 6.45) is 0. The third-order valence-electron chi connectivity index (χ3n) is 2.33. The van der Waals surface area contributed by atoms with E-state index in [4.69, 9.17) is 5.73 Å². The summed E-state index contributed by atoms with van der Waals surface area (Å²) in [5.74, 6) is -0.966. The van der Waals surface area contributed by atoms with Crippen molar-refractivity contribution >= 4 is 38.9 Å². The van der Waals surface area contributed by atoms with Crippen LogP contribution >= 0.6 is 27.3 Å². The van der Waals surface area contributed by atoms with E-state index in [0.717, 1.165) is 9.35 Å². The average Bonchev–Trinajstić information content (AvgIpc) is 2.74. The maximum absolute atomic E-state index is 13.5. The van der Waals surface area contributed by atoms with Gasteiger partial charge in [-0.25, -0.2) is 4.39 Å². The molecular formula is C12H10BrFN2OS. The number of nitrogens with two attached hydrogens (primary N) is 1. The molecule has 2 rings (SSSR count). The number of amides is 1. The van der Waals surface area contributed by atoms with Gasteiger partial charge in [-0.05, 0) is 34.1 Å². The van der Waals surface area contributed by atoms with Crippen molar-refractivity contribution in [3.8, 4) is 0 Å². The van der Waals surface area contributed by atoms with E-state index in [0.29, 0.717) is 0 Å². The van der Waals surface area contributed by atoms with Crippen molar-refractivity contribution in [3.05, 3.63) is 50.9 Å². The lowest BCUT2D eigenvalue weighted by Crippen LogP contribution is -2.27. The Morgan fingerprint density at radius 3 is 2.72 bits per heavy atom. The van der Waals surface area contributed by atoms with Crippen LogP contribution in [0.25, 0.3) is 0 Å². The monoisotopic (exact) mass is 328 g/mol. The van der Waals surface area contributed by atoms with E-state index in [1.54, 1.807) is 24.3 Å². The first-order valence-corrected chi connectivity index (χ1v) is 6.79. The van der Waals surface area contributed by atoms with Crippen molar-refractivity contribution in [2.45, 2.75) is 6.04 Å². The van der Waals surface area contributed by atoms with Gasteiger partial charge in [0.2, 0.25) is 5.91 Å². The molecule has 3 nitrogen and oxygen atoms in total. The fourth-order valence-corrected chi connectivity index (χ4v) is 3.00. The quantitative estimate of drug-likeness (QED) is 0.904. The third kappa shape index (κ3) is 2.88. The van der Waals surface area contributed by atoms with Crippen LogP contribution in [0, 0.1) is 5.82 Å². The zero-order valence-electron chi connectivity index (χ0n) is 9.19. The average molecular weight is 329 g/mol. The smallest absolute Gasteiger partial charge is 0.245 e. The maximum atomic E-state index is 13.5. The highest BCUT2D eigenvalue weighted by molar-refractivity contribution is 9.10. The lowest BCUT2D eigenvalue weighted by atomic mass is 10.2. The summed E-state index contributed by atoms with van der Waals surface area (Å²) >= 11 is 4.68. The van der Waals surface area contributed by atoms with Crippen LogP contribution in [-0.4, -0.2) is 5.91 Å². The number of halogens is 2. The number of carbonyl (C=O) groups excluding carboxylic acids is 1. The molecule has 0 fully saturated rings. The Bertz CT molecular complexity index is 573. The van der Waals surface area contributed by atoms with Crippen molar-refractivity contribution in [1.29, 1.82) is 0 Å². The molecule has 0 aliphatic rings. The zero-order valence-corrected chi connectivity index (χ0v) is 11.6. The van der Waals surface area contributed by atoms with Gasteiger partial charge in [-0.2, -0.15) is 0 Å². The van der Waals surface area contributed by atoms with Crippen molar-refractivity contribution in [3.63, 3.8) is 0 Å². The molecule has 94 valence electrons. The maximum Gasteiger partial charge on any atom is 0.245 e. The summed E-state index contributed by atoms with van der Waals surface area (Å²) in [5, 5.41) is 4.66. The van der Waals surface area contributed by atoms with Crippen LogP contribution < -0.4 is 11.1 Å². The van der Waals surface area contributed by atoms with Crippen LogP contribution in [0.15, 0.2) is 40.2 Å². The molecule has 0 bridgehead atoms. The molecule has 0 saturated carbocycles. The second kappa shape index (κ2) is 5.49. The van der Waals surface area contributed by atoms with Gasteiger partial charge in [0.25, 0.3) is 0 Å². The summed E-state index contributed by atoms with van der Waals surface area (Å²) < 4.78 is 14.4. The van der Waals surface area contributed by atoms with Crippen LogP contribution in [0.1, 0.15) is 10.9 Å². The Hall–Kier alpha value is -1.40. The molecule has 1 aromatic heterocycles. The van der Waals surface area contributed by atoms with Gasteiger partial charge in [0.1, 0.15) is 11.9 Å². The van der Waals surface area contributed by atoms with E-state index >= 15 is 0 Å². The number of nitrogens with one attached hydrogen (secondary N) is 1. The van der Waals surface area contributed by atoms with Gasteiger partial charge in [-0.3, -0.25) is 4.79 Å². The first kappa shape index (κ1) is 13.0. The summed E-state index contributed by atoms with van der Waals surface area (Å²) in [5.41, 5.74) is 5.60. The summed E-state index contributed by atoms with van der Waals surface area (Å²) in [7, 11) is 0. The normalized spacial score (nSPS) is 12.1. The van der Waals surface area contributed by atoms with E-state index in [1.165, 1.54) is 17.4 Å². The van der Waals surface area contributed by atoms with Crippen LogP contribution in [0.5, 0.6) is 0 Å². The molecule has 0 radical (unpaired) electrons. The third-order valence-corrected chi connectivity index (χ3v) is 4.09. The van der Waals surface area contributed by atoms with Gasteiger partial charge in [0.15, 0.2) is 0 Å². The second-order valence-electron chi connectivity index (χ2n) is 3.63. The highest BCUT2D eigenvalue weighted by Gasteiger charge is 2.20. The molecule has 1 unspecified atom stereocenters. The molecule has 1 amide bonds. The zero-order chi connectivity index (χ0) is 13.1. The van der Waals surface area contributed by atoms with E-state index in [-0.39, 0.29) is 5.69 Å². The summed E-state index contributed by atoms with van der Waals surface area (Å²) in [4.78, 5) is 12.2. The van der Waals surface area contributed by atoms with Gasteiger partial charge in [-0.15, -0.1) is 11.3 Å². The highest BCUT2D eigenvalue weighted by atomic mass is 79.9. The van der Waals surface area contributed by atoms with Gasteiger partial charge < -0.3 is 11.1 Å². The molecule has 1 aromatic carbocycles. The van der Waals surface area contributed by atoms with Crippen molar-refractivity contribution in [2.24, 2.45) is 5.73 Å². The molecule has 1 atom stereocenters. The highest BCUT2D eigenvalue weighted by Crippen LogP contribution is 2.28. The number of anilines is 1. The minimum atomic E-state index is -0.738. The molecule has 0 aliphatic carbocycles. The molecule has 0 saturated heterocycles. The van der Waals surface area contributed by atoms with E-state index < -0.39 is 17.8 Å². The number of benzene rings is 1. The molecular weight excluding hydrogens is 319 g/mol. The summed E-state index contributed by atoms with van der Waals surface area (Å²) in [6.45, 7) is 0. The van der Waals surface area contributed by atoms with Gasteiger partial charge in [-0.1, -0.05) is 12.1 Å². The number of rotatable bonds is 4. The van der Waals surface area contributed by atoms with Gasteiger partial charge in [0.05, 0.1) is 5.69 Å². The number of para-hydroxylation sites is 1. The standard InChI is InChI=1S/C12H10BrFN2OS/c13-7-5-10(18-6-7)11(12(15)17)16-9-4-2-1-3-8(9)14/h1-6,11,16H,(H2,15,17). The number of primary amides is 1. The molecule has 18 heavy (non-hydrogen) atoms.